The number of carboxylic acid groups (broad SMARTS) is 1. The minimum Gasteiger partial charge on any atom is -0.480 e. The molecule has 16 heavy (non-hydrogen) atoms. The number of unbranched alkanes of at least 4 members (excludes halogenated alkanes) is 1. The van der Waals surface area contributed by atoms with Crippen molar-refractivity contribution in [2.45, 2.75) is 32.2 Å². The van der Waals surface area contributed by atoms with E-state index in [1.807, 2.05) is 6.92 Å². The zero-order valence-corrected chi connectivity index (χ0v) is 9.39. The van der Waals surface area contributed by atoms with Crippen molar-refractivity contribution < 1.29 is 19.4 Å². The average Bonchev–Trinajstić information content (AvgIpc) is 2.88. The Morgan fingerprint density at radius 2 is 2.25 bits per heavy atom. The second-order valence-corrected chi connectivity index (χ2v) is 4.56. The van der Waals surface area contributed by atoms with Crippen molar-refractivity contribution in [3.05, 3.63) is 0 Å². The molecule has 1 aliphatic heterocycles. The number of hydrogen-bond acceptors (Lipinski definition) is 3. The predicted molar refractivity (Wildman–Crippen MR) is 56.0 cm³/mol. The van der Waals surface area contributed by atoms with Crippen LogP contribution >= 0.6 is 0 Å². The van der Waals surface area contributed by atoms with E-state index in [0.717, 1.165) is 19.3 Å². The minimum absolute atomic E-state index is 0.163. The molecule has 5 heteroatoms. The molecule has 2 fully saturated rings. The van der Waals surface area contributed by atoms with Gasteiger partial charge in [-0.15, -0.1) is 0 Å². The predicted octanol–water partition coefficient (Wildman–Crippen LogP) is 1.33. The summed E-state index contributed by atoms with van der Waals surface area (Å²) in [5.41, 5.74) is 0. The molecule has 3 unspecified atom stereocenters. The van der Waals surface area contributed by atoms with Crippen molar-refractivity contribution in [3.63, 3.8) is 0 Å². The summed E-state index contributed by atoms with van der Waals surface area (Å²) in [6, 6.07) is -0.654. The van der Waals surface area contributed by atoms with Gasteiger partial charge >= 0.3 is 12.1 Å². The number of rotatable bonds is 4. The van der Waals surface area contributed by atoms with Crippen LogP contribution in [-0.4, -0.2) is 41.3 Å². The van der Waals surface area contributed by atoms with Gasteiger partial charge in [0.1, 0.15) is 6.04 Å². The maximum atomic E-state index is 11.6. The molecule has 0 aromatic rings. The van der Waals surface area contributed by atoms with Crippen LogP contribution in [0.5, 0.6) is 0 Å². The summed E-state index contributed by atoms with van der Waals surface area (Å²) in [4.78, 5) is 24.0. The number of carboxylic acids is 1. The first kappa shape index (κ1) is 11.2. The summed E-state index contributed by atoms with van der Waals surface area (Å²) in [6.07, 6.45) is 2.26. The van der Waals surface area contributed by atoms with Gasteiger partial charge in [-0.1, -0.05) is 13.3 Å². The lowest BCUT2D eigenvalue weighted by Crippen LogP contribution is -2.43. The molecule has 0 spiro atoms. The van der Waals surface area contributed by atoms with Gasteiger partial charge in [-0.05, 0) is 24.7 Å². The zero-order valence-electron chi connectivity index (χ0n) is 9.39. The summed E-state index contributed by atoms with van der Waals surface area (Å²) in [6.45, 7) is 2.94. The Bertz CT molecular complexity index is 304. The van der Waals surface area contributed by atoms with Crippen LogP contribution < -0.4 is 0 Å². The lowest BCUT2D eigenvalue weighted by Gasteiger charge is -2.23. The van der Waals surface area contributed by atoms with Crippen LogP contribution in [0.1, 0.15) is 26.2 Å². The van der Waals surface area contributed by atoms with E-state index in [1.165, 1.54) is 4.90 Å². The van der Waals surface area contributed by atoms with E-state index in [1.54, 1.807) is 0 Å². The number of carbonyl (C=O) groups is 2. The van der Waals surface area contributed by atoms with E-state index in [2.05, 4.69) is 0 Å². The quantitative estimate of drug-likeness (QED) is 0.736. The first-order valence-electron chi connectivity index (χ1n) is 5.81. The Kier molecular flexibility index (Phi) is 3.03. The lowest BCUT2D eigenvalue weighted by molar-refractivity contribution is -0.142. The van der Waals surface area contributed by atoms with Crippen LogP contribution in [-0.2, 0) is 9.53 Å². The highest BCUT2D eigenvalue weighted by molar-refractivity contribution is 5.82. The number of hydrogen-bond donors (Lipinski definition) is 1. The fourth-order valence-electron chi connectivity index (χ4n) is 2.36. The van der Waals surface area contributed by atoms with Crippen LogP contribution in [0.4, 0.5) is 4.79 Å². The van der Waals surface area contributed by atoms with E-state index >= 15 is 0 Å². The Morgan fingerprint density at radius 1 is 1.50 bits per heavy atom. The summed E-state index contributed by atoms with van der Waals surface area (Å²) >= 11 is 0. The van der Waals surface area contributed by atoms with Crippen molar-refractivity contribution in [2.75, 3.05) is 13.2 Å². The molecule has 1 amide bonds. The van der Waals surface area contributed by atoms with Gasteiger partial charge in [0.15, 0.2) is 0 Å². The number of likely N-dealkylation sites (tertiary alicyclic amines) is 1. The number of fused-ring (bicyclic) bond motifs is 1. The first-order chi connectivity index (χ1) is 7.65. The molecule has 90 valence electrons. The number of nitrogens with zero attached hydrogens (tertiary/aromatic N) is 1. The second kappa shape index (κ2) is 4.31. The molecular weight excluding hydrogens is 210 g/mol. The number of piperidine rings is 1. The molecule has 1 saturated carbocycles. The van der Waals surface area contributed by atoms with Crippen LogP contribution in [0.3, 0.4) is 0 Å². The van der Waals surface area contributed by atoms with Gasteiger partial charge in [-0.3, -0.25) is 4.90 Å². The average molecular weight is 227 g/mol. The second-order valence-electron chi connectivity index (χ2n) is 4.56. The molecule has 0 aromatic heterocycles. The van der Waals surface area contributed by atoms with Gasteiger partial charge in [0, 0.05) is 6.54 Å². The molecule has 2 aliphatic rings. The summed E-state index contributed by atoms with van der Waals surface area (Å²) in [5, 5.41) is 9.05. The molecule has 5 nitrogen and oxygen atoms in total. The SMILES string of the molecule is CCCCOC(=O)N1CC2CC2C1C(=O)O. The summed E-state index contributed by atoms with van der Waals surface area (Å²) in [5.74, 6) is -0.353. The molecule has 1 heterocycles. The number of aliphatic carboxylic acids is 1. The fourth-order valence-corrected chi connectivity index (χ4v) is 2.36. The Labute approximate surface area is 94.4 Å². The standard InChI is InChI=1S/C11H17NO4/c1-2-3-4-16-11(15)12-6-7-5-8(7)9(12)10(13)14/h7-9H,2-6H2,1H3,(H,13,14). The van der Waals surface area contributed by atoms with Gasteiger partial charge in [-0.25, -0.2) is 9.59 Å². The Hall–Kier alpha value is -1.26. The maximum Gasteiger partial charge on any atom is 0.410 e. The third-order valence-corrected chi connectivity index (χ3v) is 3.36. The van der Waals surface area contributed by atoms with Crippen LogP contribution in [0.25, 0.3) is 0 Å². The molecular formula is C11H17NO4. The zero-order chi connectivity index (χ0) is 11.7. The van der Waals surface area contributed by atoms with Gasteiger partial charge < -0.3 is 9.84 Å². The molecule has 0 radical (unpaired) electrons. The summed E-state index contributed by atoms with van der Waals surface area (Å²) < 4.78 is 5.04. The molecule has 0 bridgehead atoms. The van der Waals surface area contributed by atoms with E-state index in [4.69, 9.17) is 9.84 Å². The third-order valence-electron chi connectivity index (χ3n) is 3.36. The molecule has 1 saturated heterocycles. The maximum absolute atomic E-state index is 11.6. The van der Waals surface area contributed by atoms with E-state index < -0.39 is 18.1 Å². The highest BCUT2D eigenvalue weighted by atomic mass is 16.6. The highest BCUT2D eigenvalue weighted by Crippen LogP contribution is 2.49. The largest absolute Gasteiger partial charge is 0.480 e. The highest BCUT2D eigenvalue weighted by Gasteiger charge is 2.57. The molecule has 3 atom stereocenters. The molecule has 1 aliphatic carbocycles. The molecule has 1 N–H and O–H groups in total. The van der Waals surface area contributed by atoms with Gasteiger partial charge in [-0.2, -0.15) is 0 Å². The van der Waals surface area contributed by atoms with E-state index in [9.17, 15) is 9.59 Å². The van der Waals surface area contributed by atoms with Gasteiger partial charge in [0.2, 0.25) is 0 Å². The van der Waals surface area contributed by atoms with Crippen molar-refractivity contribution in [2.24, 2.45) is 11.8 Å². The van der Waals surface area contributed by atoms with E-state index in [-0.39, 0.29) is 5.92 Å². The van der Waals surface area contributed by atoms with Crippen molar-refractivity contribution >= 4 is 12.1 Å². The van der Waals surface area contributed by atoms with Crippen molar-refractivity contribution in [1.29, 1.82) is 0 Å². The van der Waals surface area contributed by atoms with Gasteiger partial charge in [0.25, 0.3) is 0 Å². The molecule has 2 rings (SSSR count). The third kappa shape index (κ3) is 1.99. The summed E-state index contributed by atoms with van der Waals surface area (Å²) in [7, 11) is 0. The lowest BCUT2D eigenvalue weighted by atomic mass is 10.2. The molecule has 0 aromatic carbocycles. The number of carbonyl (C=O) groups excluding carboxylic acids is 1. The van der Waals surface area contributed by atoms with Crippen molar-refractivity contribution in [1.82, 2.24) is 4.90 Å². The number of ether oxygens (including phenoxy) is 1. The van der Waals surface area contributed by atoms with E-state index in [0.29, 0.717) is 19.1 Å². The Morgan fingerprint density at radius 3 is 2.88 bits per heavy atom. The Balaban J connectivity index is 1.88. The van der Waals surface area contributed by atoms with Crippen LogP contribution in [0, 0.1) is 11.8 Å². The monoisotopic (exact) mass is 227 g/mol. The number of amides is 1. The fraction of sp³-hybridized carbons (Fsp3) is 0.818. The topological polar surface area (TPSA) is 66.8 Å². The normalized spacial score (nSPS) is 31.1. The minimum atomic E-state index is -0.905. The smallest absolute Gasteiger partial charge is 0.410 e. The van der Waals surface area contributed by atoms with Gasteiger partial charge in [0.05, 0.1) is 6.61 Å². The van der Waals surface area contributed by atoms with Crippen LogP contribution in [0.2, 0.25) is 0 Å². The van der Waals surface area contributed by atoms with Crippen molar-refractivity contribution in [3.8, 4) is 0 Å². The van der Waals surface area contributed by atoms with Crippen LogP contribution in [0.15, 0.2) is 0 Å². The first-order valence-corrected chi connectivity index (χ1v) is 5.81.